The lowest BCUT2D eigenvalue weighted by Gasteiger charge is -2.32. The maximum atomic E-state index is 13.0. The van der Waals surface area contributed by atoms with Gasteiger partial charge in [0.25, 0.3) is 0 Å². The van der Waals surface area contributed by atoms with Gasteiger partial charge in [0.05, 0.1) is 6.04 Å². The average Bonchev–Trinajstić information content (AvgIpc) is 2.64. The second-order valence-electron chi connectivity index (χ2n) is 8.02. The largest absolute Gasteiger partial charge is 0.508 e. The maximum absolute atomic E-state index is 13.0. The normalized spacial score (nSPS) is 12.6. The number of ether oxygens (including phenoxy) is 1. The van der Waals surface area contributed by atoms with Crippen molar-refractivity contribution in [2.45, 2.75) is 45.9 Å². The molecule has 1 amide bonds. The zero-order chi connectivity index (χ0) is 20.3. The fraction of sp³-hybridized carbons (Fsp3) is 0.292. The molecular weight excluding hydrogens is 350 g/mol. The van der Waals surface area contributed by atoms with Crippen molar-refractivity contribution in [3.8, 4) is 5.75 Å². The minimum absolute atomic E-state index is 0.180. The van der Waals surface area contributed by atoms with Crippen LogP contribution in [0.5, 0.6) is 5.75 Å². The van der Waals surface area contributed by atoms with Crippen LogP contribution in [0.4, 0.5) is 4.79 Å². The predicted molar refractivity (Wildman–Crippen MR) is 112 cm³/mol. The minimum atomic E-state index is -0.591. The third kappa shape index (κ3) is 4.63. The summed E-state index contributed by atoms with van der Waals surface area (Å²) in [5.41, 5.74) is 1.31. The van der Waals surface area contributed by atoms with E-state index < -0.39 is 5.60 Å². The Bertz CT molecular complexity index is 969. The summed E-state index contributed by atoms with van der Waals surface area (Å²) in [5, 5.41) is 12.1. The highest BCUT2D eigenvalue weighted by atomic mass is 16.6. The Labute approximate surface area is 166 Å². The Morgan fingerprint density at radius 1 is 1.04 bits per heavy atom. The number of aromatic hydroxyl groups is 1. The van der Waals surface area contributed by atoms with E-state index in [-0.39, 0.29) is 17.9 Å². The van der Waals surface area contributed by atoms with E-state index in [0.717, 1.165) is 21.9 Å². The summed E-state index contributed by atoms with van der Waals surface area (Å²) < 4.78 is 5.68. The van der Waals surface area contributed by atoms with Gasteiger partial charge in [-0.3, -0.25) is 4.90 Å². The van der Waals surface area contributed by atoms with E-state index in [4.69, 9.17) is 4.74 Å². The molecule has 0 aliphatic heterocycles. The number of phenolic OH excluding ortho intramolecular Hbond substituents is 1. The first-order valence-electron chi connectivity index (χ1n) is 9.50. The third-order valence-electron chi connectivity index (χ3n) is 4.63. The van der Waals surface area contributed by atoms with E-state index in [1.165, 1.54) is 0 Å². The van der Waals surface area contributed by atoms with Gasteiger partial charge in [0.1, 0.15) is 11.4 Å². The fourth-order valence-electron chi connectivity index (χ4n) is 3.31. The molecule has 0 bridgehead atoms. The first-order valence-corrected chi connectivity index (χ1v) is 9.50. The lowest BCUT2D eigenvalue weighted by molar-refractivity contribution is 0.0154. The molecule has 0 aliphatic rings. The molecule has 3 aromatic carbocycles. The smallest absolute Gasteiger partial charge is 0.411 e. The van der Waals surface area contributed by atoms with E-state index in [2.05, 4.69) is 18.2 Å². The molecule has 0 saturated heterocycles. The number of carbonyl (C=O) groups excluding carboxylic acids is 1. The maximum Gasteiger partial charge on any atom is 0.411 e. The summed E-state index contributed by atoms with van der Waals surface area (Å²) in [6.45, 7) is 7.93. The van der Waals surface area contributed by atoms with E-state index in [9.17, 15) is 9.90 Å². The molecule has 3 rings (SSSR count). The van der Waals surface area contributed by atoms with Crippen LogP contribution in [0.1, 0.15) is 44.9 Å². The number of nitrogens with zero attached hydrogens (tertiary/aromatic N) is 1. The van der Waals surface area contributed by atoms with Gasteiger partial charge in [-0.05, 0) is 61.7 Å². The Morgan fingerprint density at radius 3 is 2.43 bits per heavy atom. The average molecular weight is 377 g/mol. The molecule has 1 N–H and O–H groups in total. The molecule has 146 valence electrons. The van der Waals surface area contributed by atoms with Gasteiger partial charge in [-0.15, -0.1) is 0 Å². The molecule has 1 atom stereocenters. The van der Waals surface area contributed by atoms with Gasteiger partial charge < -0.3 is 9.84 Å². The topological polar surface area (TPSA) is 49.8 Å². The monoisotopic (exact) mass is 377 g/mol. The van der Waals surface area contributed by atoms with Gasteiger partial charge in [0.15, 0.2) is 0 Å². The predicted octanol–water partition coefficient (Wildman–Crippen LogP) is 6.04. The van der Waals surface area contributed by atoms with Crippen LogP contribution in [0.2, 0.25) is 0 Å². The van der Waals surface area contributed by atoms with E-state index in [0.29, 0.717) is 6.54 Å². The molecule has 1 unspecified atom stereocenters. The second kappa shape index (κ2) is 7.93. The number of phenols is 1. The Morgan fingerprint density at radius 2 is 1.71 bits per heavy atom. The standard InChI is InChI=1S/C24H27NO3/c1-17(21-14-8-11-19-10-5-6-13-22(19)21)25(23(27)28-24(2,3)4)16-18-9-7-12-20(26)15-18/h5-15,17,26H,16H2,1-4H3. The van der Waals surface area contributed by atoms with Crippen molar-refractivity contribution in [2.24, 2.45) is 0 Å². The van der Waals surface area contributed by atoms with Crippen LogP contribution in [0.3, 0.4) is 0 Å². The summed E-state index contributed by atoms with van der Waals surface area (Å²) in [5.74, 6) is 0.180. The Balaban J connectivity index is 2.00. The summed E-state index contributed by atoms with van der Waals surface area (Å²) in [6, 6.07) is 21.0. The van der Waals surface area contributed by atoms with Crippen molar-refractivity contribution >= 4 is 16.9 Å². The van der Waals surface area contributed by atoms with Gasteiger partial charge in [0, 0.05) is 6.54 Å². The highest BCUT2D eigenvalue weighted by Gasteiger charge is 2.28. The second-order valence-corrected chi connectivity index (χ2v) is 8.02. The van der Waals surface area contributed by atoms with Gasteiger partial charge in [-0.2, -0.15) is 0 Å². The molecule has 0 radical (unpaired) electrons. The molecule has 0 saturated carbocycles. The van der Waals surface area contributed by atoms with Crippen molar-refractivity contribution in [1.82, 2.24) is 4.90 Å². The number of hydrogen-bond donors (Lipinski definition) is 1. The fourth-order valence-corrected chi connectivity index (χ4v) is 3.31. The highest BCUT2D eigenvalue weighted by Crippen LogP contribution is 2.30. The molecule has 0 fully saturated rings. The summed E-state index contributed by atoms with van der Waals surface area (Å²) >= 11 is 0. The summed E-state index contributed by atoms with van der Waals surface area (Å²) in [4.78, 5) is 14.8. The van der Waals surface area contributed by atoms with E-state index in [1.54, 1.807) is 23.1 Å². The third-order valence-corrected chi connectivity index (χ3v) is 4.63. The molecule has 4 heteroatoms. The quantitative estimate of drug-likeness (QED) is 0.603. The SMILES string of the molecule is CC(c1cccc2ccccc12)N(Cc1cccc(O)c1)C(=O)OC(C)(C)C. The summed E-state index contributed by atoms with van der Waals surface area (Å²) in [6.07, 6.45) is -0.378. The van der Waals surface area contributed by atoms with Crippen LogP contribution in [0.25, 0.3) is 10.8 Å². The van der Waals surface area contributed by atoms with Crippen molar-refractivity contribution in [3.05, 3.63) is 77.9 Å². The Kier molecular flexibility index (Phi) is 5.59. The molecule has 0 aromatic heterocycles. The molecule has 3 aromatic rings. The number of amides is 1. The summed E-state index contributed by atoms with van der Waals surface area (Å²) in [7, 11) is 0. The zero-order valence-corrected chi connectivity index (χ0v) is 16.8. The van der Waals surface area contributed by atoms with Gasteiger partial charge >= 0.3 is 6.09 Å². The number of hydrogen-bond acceptors (Lipinski definition) is 3. The van der Waals surface area contributed by atoms with Crippen LogP contribution in [-0.2, 0) is 11.3 Å². The van der Waals surface area contributed by atoms with Crippen molar-refractivity contribution in [3.63, 3.8) is 0 Å². The van der Waals surface area contributed by atoms with Crippen LogP contribution in [0, 0.1) is 0 Å². The van der Waals surface area contributed by atoms with Crippen molar-refractivity contribution in [2.75, 3.05) is 0 Å². The van der Waals surface area contributed by atoms with Gasteiger partial charge in [-0.25, -0.2) is 4.79 Å². The first kappa shape index (κ1) is 19.7. The molecule has 0 heterocycles. The van der Waals surface area contributed by atoms with E-state index in [1.807, 2.05) is 58.0 Å². The lowest BCUT2D eigenvalue weighted by atomic mass is 9.98. The van der Waals surface area contributed by atoms with Crippen molar-refractivity contribution < 1.29 is 14.6 Å². The van der Waals surface area contributed by atoms with Crippen LogP contribution >= 0.6 is 0 Å². The first-order chi connectivity index (χ1) is 13.2. The van der Waals surface area contributed by atoms with Gasteiger partial charge in [0.2, 0.25) is 0 Å². The van der Waals surface area contributed by atoms with Crippen molar-refractivity contribution in [1.29, 1.82) is 0 Å². The van der Waals surface area contributed by atoms with Gasteiger partial charge in [-0.1, -0.05) is 54.6 Å². The molecule has 0 aliphatic carbocycles. The Hall–Kier alpha value is -3.01. The van der Waals surface area contributed by atoms with Crippen LogP contribution < -0.4 is 0 Å². The molecule has 4 nitrogen and oxygen atoms in total. The lowest BCUT2D eigenvalue weighted by Crippen LogP contribution is -2.38. The highest BCUT2D eigenvalue weighted by molar-refractivity contribution is 5.86. The van der Waals surface area contributed by atoms with Crippen LogP contribution in [-0.4, -0.2) is 21.7 Å². The zero-order valence-electron chi connectivity index (χ0n) is 16.8. The number of benzene rings is 3. The number of rotatable bonds is 4. The molecular formula is C24H27NO3. The minimum Gasteiger partial charge on any atom is -0.508 e. The molecule has 28 heavy (non-hydrogen) atoms. The van der Waals surface area contributed by atoms with Crippen LogP contribution in [0.15, 0.2) is 66.7 Å². The number of carbonyl (C=O) groups is 1. The number of fused-ring (bicyclic) bond motifs is 1. The molecule has 0 spiro atoms. The van der Waals surface area contributed by atoms with E-state index >= 15 is 0 Å².